The van der Waals surface area contributed by atoms with E-state index < -0.39 is 33.9 Å². The van der Waals surface area contributed by atoms with Gasteiger partial charge in [0, 0.05) is 11.6 Å². The molecular formula is C11H7F2N3O4. The molecule has 0 bridgehead atoms. The average Bonchev–Trinajstić information content (AvgIpc) is 2.77. The van der Waals surface area contributed by atoms with E-state index >= 15 is 0 Å². The fourth-order valence-corrected chi connectivity index (χ4v) is 1.60. The van der Waals surface area contributed by atoms with Crippen LogP contribution in [0.2, 0.25) is 0 Å². The summed E-state index contributed by atoms with van der Waals surface area (Å²) in [6.45, 7) is -0.250. The molecule has 2 aromatic rings. The standard InChI is InChI=1S/C11H7F2N3O4/c12-7-2-1-6(8(13)3-7)4-15-5-9(16(19)20)10(14-15)11(17)18/h1-3,5H,4H2,(H,17,18). The number of benzene rings is 1. The lowest BCUT2D eigenvalue weighted by molar-refractivity contribution is -0.385. The van der Waals surface area contributed by atoms with Gasteiger partial charge in [0.2, 0.25) is 5.69 Å². The molecule has 20 heavy (non-hydrogen) atoms. The van der Waals surface area contributed by atoms with E-state index in [-0.39, 0.29) is 12.1 Å². The summed E-state index contributed by atoms with van der Waals surface area (Å²) < 4.78 is 27.1. The molecule has 2 rings (SSSR count). The van der Waals surface area contributed by atoms with E-state index in [4.69, 9.17) is 5.11 Å². The van der Waals surface area contributed by atoms with Crippen molar-refractivity contribution < 1.29 is 23.6 Å². The maximum Gasteiger partial charge on any atom is 0.363 e. The number of carbonyl (C=O) groups is 1. The van der Waals surface area contributed by atoms with E-state index in [1.165, 1.54) is 0 Å². The van der Waals surface area contributed by atoms with Crippen LogP contribution in [-0.2, 0) is 6.54 Å². The maximum absolute atomic E-state index is 13.4. The zero-order chi connectivity index (χ0) is 14.9. The zero-order valence-corrected chi connectivity index (χ0v) is 9.79. The van der Waals surface area contributed by atoms with Gasteiger partial charge in [-0.3, -0.25) is 14.8 Å². The normalized spacial score (nSPS) is 10.5. The van der Waals surface area contributed by atoms with E-state index in [1.807, 2.05) is 0 Å². The Kier molecular flexibility index (Phi) is 3.42. The molecule has 1 aromatic carbocycles. The van der Waals surface area contributed by atoms with Crippen molar-refractivity contribution in [1.29, 1.82) is 0 Å². The summed E-state index contributed by atoms with van der Waals surface area (Å²) in [5.41, 5.74) is -1.40. The van der Waals surface area contributed by atoms with Gasteiger partial charge in [-0.1, -0.05) is 6.07 Å². The second kappa shape index (κ2) is 5.03. The molecule has 0 saturated heterocycles. The fraction of sp³-hybridized carbons (Fsp3) is 0.0909. The molecule has 0 spiro atoms. The zero-order valence-electron chi connectivity index (χ0n) is 9.79. The largest absolute Gasteiger partial charge is 0.476 e. The van der Waals surface area contributed by atoms with Crippen molar-refractivity contribution >= 4 is 11.7 Å². The number of halogens is 2. The van der Waals surface area contributed by atoms with Gasteiger partial charge in [-0.25, -0.2) is 13.6 Å². The lowest BCUT2D eigenvalue weighted by Crippen LogP contribution is -2.05. The van der Waals surface area contributed by atoms with Gasteiger partial charge >= 0.3 is 11.7 Å². The minimum atomic E-state index is -1.56. The summed E-state index contributed by atoms with van der Waals surface area (Å²) in [5, 5.41) is 23.0. The van der Waals surface area contributed by atoms with E-state index in [9.17, 15) is 23.7 Å². The molecule has 1 aromatic heterocycles. The van der Waals surface area contributed by atoms with Crippen LogP contribution in [0, 0.1) is 21.7 Å². The Hall–Kier alpha value is -2.84. The lowest BCUT2D eigenvalue weighted by Gasteiger charge is -2.02. The van der Waals surface area contributed by atoms with Crippen molar-refractivity contribution in [3.63, 3.8) is 0 Å². The molecule has 7 nitrogen and oxygen atoms in total. The molecule has 0 unspecified atom stereocenters. The molecule has 0 radical (unpaired) electrons. The number of aromatic carboxylic acids is 1. The number of hydrogen-bond acceptors (Lipinski definition) is 4. The lowest BCUT2D eigenvalue weighted by atomic mass is 10.2. The summed E-state index contributed by atoms with van der Waals surface area (Å²) in [7, 11) is 0. The summed E-state index contributed by atoms with van der Waals surface area (Å²) in [6.07, 6.45) is 0.881. The molecular weight excluding hydrogens is 276 g/mol. The second-order valence-corrected chi connectivity index (χ2v) is 3.86. The van der Waals surface area contributed by atoms with Crippen LogP contribution >= 0.6 is 0 Å². The van der Waals surface area contributed by atoms with Crippen LogP contribution in [-0.4, -0.2) is 25.8 Å². The number of aromatic nitrogens is 2. The molecule has 0 aliphatic rings. The highest BCUT2D eigenvalue weighted by molar-refractivity contribution is 5.89. The van der Waals surface area contributed by atoms with Gasteiger partial charge < -0.3 is 5.11 Å². The van der Waals surface area contributed by atoms with E-state index in [0.29, 0.717) is 6.07 Å². The van der Waals surface area contributed by atoms with Crippen LogP contribution in [0.15, 0.2) is 24.4 Å². The second-order valence-electron chi connectivity index (χ2n) is 3.86. The molecule has 0 aliphatic carbocycles. The predicted octanol–water partition coefficient (Wildman–Crippen LogP) is 1.82. The first-order chi connectivity index (χ1) is 9.38. The highest BCUT2D eigenvalue weighted by atomic mass is 19.1. The van der Waals surface area contributed by atoms with Crippen molar-refractivity contribution in [3.8, 4) is 0 Å². The number of hydrogen-bond donors (Lipinski definition) is 1. The maximum atomic E-state index is 13.4. The van der Waals surface area contributed by atoms with Gasteiger partial charge in [0.15, 0.2) is 0 Å². The average molecular weight is 283 g/mol. The van der Waals surface area contributed by atoms with Crippen molar-refractivity contribution in [3.05, 3.63) is 57.4 Å². The highest BCUT2D eigenvalue weighted by Gasteiger charge is 2.25. The fourth-order valence-electron chi connectivity index (χ4n) is 1.60. The third kappa shape index (κ3) is 2.60. The Morgan fingerprint density at radius 3 is 2.65 bits per heavy atom. The molecule has 1 heterocycles. The predicted molar refractivity (Wildman–Crippen MR) is 61.3 cm³/mol. The highest BCUT2D eigenvalue weighted by Crippen LogP contribution is 2.18. The molecule has 0 aliphatic heterocycles. The third-order valence-corrected chi connectivity index (χ3v) is 2.49. The molecule has 1 N–H and O–H groups in total. The van der Waals surface area contributed by atoms with Gasteiger partial charge in [0.1, 0.15) is 17.8 Å². The Morgan fingerprint density at radius 2 is 2.15 bits per heavy atom. The van der Waals surface area contributed by atoms with Crippen LogP contribution < -0.4 is 0 Å². The number of nitro groups is 1. The topological polar surface area (TPSA) is 98.3 Å². The monoisotopic (exact) mass is 283 g/mol. The first kappa shape index (κ1) is 13.6. The van der Waals surface area contributed by atoms with Gasteiger partial charge in [-0.15, -0.1) is 0 Å². The van der Waals surface area contributed by atoms with E-state index in [2.05, 4.69) is 5.10 Å². The quantitative estimate of drug-likeness (QED) is 0.681. The number of rotatable bonds is 4. The minimum Gasteiger partial charge on any atom is -0.476 e. The summed E-state index contributed by atoms with van der Waals surface area (Å²) in [6, 6.07) is 2.83. The Balaban J connectivity index is 2.37. The third-order valence-electron chi connectivity index (χ3n) is 2.49. The first-order valence-electron chi connectivity index (χ1n) is 5.27. The van der Waals surface area contributed by atoms with Crippen LogP contribution in [0.5, 0.6) is 0 Å². The van der Waals surface area contributed by atoms with Crippen LogP contribution in [0.3, 0.4) is 0 Å². The van der Waals surface area contributed by atoms with E-state index in [1.54, 1.807) is 0 Å². The minimum absolute atomic E-state index is 0.0285. The van der Waals surface area contributed by atoms with Crippen molar-refractivity contribution in [2.75, 3.05) is 0 Å². The van der Waals surface area contributed by atoms with Crippen molar-refractivity contribution in [2.45, 2.75) is 6.54 Å². The SMILES string of the molecule is O=C(O)c1nn(Cc2ccc(F)cc2F)cc1[N+](=O)[O-]. The number of carboxylic acid groups (broad SMARTS) is 1. The summed E-state index contributed by atoms with van der Waals surface area (Å²) >= 11 is 0. The molecule has 0 fully saturated rings. The van der Waals surface area contributed by atoms with Crippen molar-refractivity contribution in [2.24, 2.45) is 0 Å². The molecule has 9 heteroatoms. The Morgan fingerprint density at radius 1 is 1.45 bits per heavy atom. The number of carboxylic acids is 1. The first-order valence-corrected chi connectivity index (χ1v) is 5.27. The Bertz CT molecular complexity index is 667. The Labute approximate surface area is 110 Å². The molecule has 104 valence electrons. The van der Waals surface area contributed by atoms with Crippen LogP contribution in [0.1, 0.15) is 16.1 Å². The summed E-state index contributed by atoms with van der Waals surface area (Å²) in [4.78, 5) is 20.6. The van der Waals surface area contributed by atoms with Gasteiger partial charge in [0.05, 0.1) is 11.5 Å². The molecule has 0 atom stereocenters. The van der Waals surface area contributed by atoms with E-state index in [0.717, 1.165) is 23.0 Å². The van der Waals surface area contributed by atoms with Gasteiger partial charge in [-0.05, 0) is 6.07 Å². The smallest absolute Gasteiger partial charge is 0.363 e. The van der Waals surface area contributed by atoms with Gasteiger partial charge in [-0.2, -0.15) is 5.10 Å². The molecule has 0 saturated carbocycles. The van der Waals surface area contributed by atoms with Crippen molar-refractivity contribution in [1.82, 2.24) is 9.78 Å². The van der Waals surface area contributed by atoms with Crippen LogP contribution in [0.25, 0.3) is 0 Å². The number of nitrogens with zero attached hydrogens (tertiary/aromatic N) is 3. The summed E-state index contributed by atoms with van der Waals surface area (Å²) in [5.74, 6) is -3.17. The van der Waals surface area contributed by atoms with Crippen LogP contribution in [0.4, 0.5) is 14.5 Å². The van der Waals surface area contributed by atoms with Gasteiger partial charge in [0.25, 0.3) is 0 Å². The molecule has 0 amide bonds.